The van der Waals surface area contributed by atoms with Crippen LogP contribution in [0.2, 0.25) is 0 Å². The predicted molar refractivity (Wildman–Crippen MR) is 130 cm³/mol. The Morgan fingerprint density at radius 2 is 2.03 bits per heavy atom. The number of amides is 1. The van der Waals surface area contributed by atoms with Crippen molar-refractivity contribution in [1.29, 1.82) is 0 Å². The van der Waals surface area contributed by atoms with Crippen LogP contribution in [0.5, 0.6) is 0 Å². The monoisotopic (exact) mass is 492 g/mol. The molecule has 9 heteroatoms. The summed E-state index contributed by atoms with van der Waals surface area (Å²) in [7, 11) is 0. The Bertz CT molecular complexity index is 823. The fraction of sp³-hybridized carbons (Fsp3) is 0.692. The molecule has 3 aliphatic heterocycles. The number of allylic oxidation sites excluding steroid dienone is 2. The number of carbonyl (C=O) groups excluding carboxylic acids is 2. The van der Waals surface area contributed by atoms with Crippen molar-refractivity contribution in [3.63, 3.8) is 0 Å². The third-order valence-corrected chi connectivity index (χ3v) is 6.88. The molecule has 1 spiro atoms. The van der Waals surface area contributed by atoms with Crippen molar-refractivity contribution in [1.82, 2.24) is 5.32 Å². The molecule has 1 amide bonds. The SMILES string of the molecule is CC(=O)O[C@@H](C)/C=C\C(=O)N[C@@H]1C[C@H](C)[C@H](C/C=C/C=C/[C@H]2O[C@H](CN)C[C@@]3(CO3)[C@@H]2O)O[C@@H]1C. The molecular weight excluding hydrogens is 452 g/mol. The molecule has 9 atom stereocenters. The zero-order valence-corrected chi connectivity index (χ0v) is 21.1. The Balaban J connectivity index is 1.43. The molecule has 0 radical (unpaired) electrons. The number of nitrogens with two attached hydrogens (primary N) is 1. The van der Waals surface area contributed by atoms with Gasteiger partial charge in [-0.05, 0) is 38.7 Å². The molecule has 0 aromatic heterocycles. The smallest absolute Gasteiger partial charge is 0.303 e. The summed E-state index contributed by atoms with van der Waals surface area (Å²) in [6.07, 6.45) is 11.1. The summed E-state index contributed by atoms with van der Waals surface area (Å²) in [5.74, 6) is -0.361. The van der Waals surface area contributed by atoms with Crippen LogP contribution in [0.1, 0.15) is 47.0 Å². The largest absolute Gasteiger partial charge is 0.459 e. The zero-order chi connectivity index (χ0) is 25.6. The van der Waals surface area contributed by atoms with Gasteiger partial charge in [-0.1, -0.05) is 31.2 Å². The molecule has 196 valence electrons. The van der Waals surface area contributed by atoms with E-state index in [4.69, 9.17) is 24.7 Å². The molecule has 0 saturated carbocycles. The van der Waals surface area contributed by atoms with Crippen molar-refractivity contribution in [3.8, 4) is 0 Å². The maximum absolute atomic E-state index is 12.3. The minimum Gasteiger partial charge on any atom is -0.459 e. The third kappa shape index (κ3) is 7.72. The van der Waals surface area contributed by atoms with Crippen LogP contribution in [0, 0.1) is 5.92 Å². The maximum atomic E-state index is 12.3. The molecule has 4 N–H and O–H groups in total. The van der Waals surface area contributed by atoms with Gasteiger partial charge >= 0.3 is 5.97 Å². The molecule has 3 saturated heterocycles. The standard InChI is InChI=1S/C26H40N2O7/c1-16-12-21(28-24(30)11-10-17(2)33-19(4)29)18(3)34-22(16)8-6-5-7-9-23-25(31)26(15-32-26)13-20(14-27)35-23/h5-7,9-11,16-18,20-23,25,31H,8,12-15,27H2,1-4H3,(H,28,30)/b6-5+,9-7+,11-10-/t16-,17-,18+,20-,21+,22-,23+,25+,26+/m0/s1. The van der Waals surface area contributed by atoms with Crippen molar-refractivity contribution < 1.29 is 33.6 Å². The number of aliphatic hydroxyl groups excluding tert-OH is 1. The molecule has 0 aromatic carbocycles. The molecule has 0 unspecified atom stereocenters. The molecule has 3 aliphatic rings. The second-order valence-electron chi connectivity index (χ2n) is 9.89. The highest BCUT2D eigenvalue weighted by atomic mass is 16.6. The Kier molecular flexibility index (Phi) is 9.66. The van der Waals surface area contributed by atoms with Crippen LogP contribution < -0.4 is 11.1 Å². The number of aliphatic hydroxyl groups is 1. The number of carbonyl (C=O) groups is 2. The first-order valence-corrected chi connectivity index (χ1v) is 12.5. The fourth-order valence-corrected chi connectivity index (χ4v) is 4.75. The van der Waals surface area contributed by atoms with Gasteiger partial charge in [0.15, 0.2) is 0 Å². The molecular formula is C26H40N2O7. The summed E-state index contributed by atoms with van der Waals surface area (Å²) in [5, 5.41) is 13.5. The lowest BCUT2D eigenvalue weighted by atomic mass is 9.88. The molecule has 35 heavy (non-hydrogen) atoms. The minimum atomic E-state index is -0.690. The van der Waals surface area contributed by atoms with E-state index in [-0.39, 0.29) is 42.1 Å². The van der Waals surface area contributed by atoms with E-state index in [2.05, 4.69) is 12.2 Å². The number of rotatable bonds is 9. The molecule has 9 nitrogen and oxygen atoms in total. The molecule has 3 fully saturated rings. The van der Waals surface area contributed by atoms with Crippen LogP contribution in [0.4, 0.5) is 0 Å². The maximum Gasteiger partial charge on any atom is 0.303 e. The van der Waals surface area contributed by atoms with Crippen LogP contribution in [0.25, 0.3) is 0 Å². The summed E-state index contributed by atoms with van der Waals surface area (Å²) in [5.41, 5.74) is 5.27. The van der Waals surface area contributed by atoms with Crippen LogP contribution in [-0.4, -0.2) is 78.4 Å². The van der Waals surface area contributed by atoms with Crippen molar-refractivity contribution in [2.45, 2.75) is 95.2 Å². The van der Waals surface area contributed by atoms with Crippen molar-refractivity contribution >= 4 is 11.9 Å². The van der Waals surface area contributed by atoms with E-state index < -0.39 is 23.9 Å². The van der Waals surface area contributed by atoms with Crippen molar-refractivity contribution in [2.24, 2.45) is 11.7 Å². The lowest BCUT2D eigenvalue weighted by Gasteiger charge is -2.39. The number of nitrogens with one attached hydrogen (secondary N) is 1. The zero-order valence-electron chi connectivity index (χ0n) is 21.1. The van der Waals surface area contributed by atoms with Crippen molar-refractivity contribution in [3.05, 3.63) is 36.5 Å². The van der Waals surface area contributed by atoms with Gasteiger partial charge in [-0.3, -0.25) is 9.59 Å². The number of esters is 1. The van der Waals surface area contributed by atoms with E-state index in [1.54, 1.807) is 13.0 Å². The first-order chi connectivity index (χ1) is 16.6. The summed E-state index contributed by atoms with van der Waals surface area (Å²) in [6, 6.07) is -0.0938. The number of hydrogen-bond donors (Lipinski definition) is 3. The van der Waals surface area contributed by atoms with Gasteiger partial charge < -0.3 is 35.1 Å². The van der Waals surface area contributed by atoms with E-state index >= 15 is 0 Å². The lowest BCUT2D eigenvalue weighted by Crippen LogP contribution is -2.51. The Morgan fingerprint density at radius 3 is 2.69 bits per heavy atom. The number of epoxide rings is 1. The van der Waals surface area contributed by atoms with Gasteiger partial charge in [-0.15, -0.1) is 0 Å². The van der Waals surface area contributed by atoms with Gasteiger partial charge in [-0.2, -0.15) is 0 Å². The van der Waals surface area contributed by atoms with Crippen LogP contribution in [0.3, 0.4) is 0 Å². The molecule has 3 rings (SSSR count). The van der Waals surface area contributed by atoms with Crippen LogP contribution >= 0.6 is 0 Å². The Morgan fingerprint density at radius 1 is 1.29 bits per heavy atom. The third-order valence-electron chi connectivity index (χ3n) is 6.88. The number of hydrogen-bond acceptors (Lipinski definition) is 8. The van der Waals surface area contributed by atoms with E-state index in [0.717, 1.165) is 12.8 Å². The average molecular weight is 493 g/mol. The predicted octanol–water partition coefficient (Wildman–Crippen LogP) is 1.54. The summed E-state index contributed by atoms with van der Waals surface area (Å²) in [6.45, 7) is 8.06. The Labute approximate surface area is 207 Å². The average Bonchev–Trinajstić information content (AvgIpc) is 3.57. The topological polar surface area (TPSA) is 133 Å². The summed E-state index contributed by atoms with van der Waals surface area (Å²) < 4.78 is 22.6. The highest BCUT2D eigenvalue weighted by Gasteiger charge is 2.58. The van der Waals surface area contributed by atoms with Gasteiger partial charge in [-0.25, -0.2) is 0 Å². The molecule has 0 aliphatic carbocycles. The molecule has 3 heterocycles. The van der Waals surface area contributed by atoms with E-state index in [1.165, 1.54) is 13.0 Å². The quantitative estimate of drug-likeness (QED) is 0.191. The van der Waals surface area contributed by atoms with E-state index in [0.29, 0.717) is 19.6 Å². The highest BCUT2D eigenvalue weighted by Crippen LogP contribution is 2.42. The van der Waals surface area contributed by atoms with E-state index in [9.17, 15) is 14.7 Å². The van der Waals surface area contributed by atoms with Gasteiger partial charge in [0, 0.05) is 26.0 Å². The second kappa shape index (κ2) is 12.3. The van der Waals surface area contributed by atoms with Crippen LogP contribution in [-0.2, 0) is 28.5 Å². The number of ether oxygens (including phenoxy) is 4. The summed E-state index contributed by atoms with van der Waals surface area (Å²) in [4.78, 5) is 23.2. The Hall–Kier alpha value is -2.04. The second-order valence-corrected chi connectivity index (χ2v) is 9.89. The first kappa shape index (κ1) is 27.5. The minimum absolute atomic E-state index is 0.0450. The van der Waals surface area contributed by atoms with Gasteiger partial charge in [0.1, 0.15) is 23.9 Å². The lowest BCUT2D eigenvalue weighted by molar-refractivity contribution is -0.143. The van der Waals surface area contributed by atoms with Gasteiger partial charge in [0.25, 0.3) is 0 Å². The highest BCUT2D eigenvalue weighted by molar-refractivity contribution is 5.87. The van der Waals surface area contributed by atoms with Crippen LogP contribution in [0.15, 0.2) is 36.5 Å². The normalized spacial score (nSPS) is 38.3. The van der Waals surface area contributed by atoms with Gasteiger partial charge in [0.2, 0.25) is 5.91 Å². The summed E-state index contributed by atoms with van der Waals surface area (Å²) >= 11 is 0. The van der Waals surface area contributed by atoms with E-state index in [1.807, 2.05) is 31.2 Å². The first-order valence-electron chi connectivity index (χ1n) is 12.5. The molecule has 0 bridgehead atoms. The molecule has 0 aromatic rings. The fourth-order valence-electron chi connectivity index (χ4n) is 4.75. The van der Waals surface area contributed by atoms with Gasteiger partial charge in [0.05, 0.1) is 31.0 Å². The van der Waals surface area contributed by atoms with Crippen molar-refractivity contribution in [2.75, 3.05) is 13.2 Å².